The van der Waals surface area contributed by atoms with E-state index in [0.29, 0.717) is 5.88 Å². The average Bonchev–Trinajstić information content (AvgIpc) is 2.53. The number of hydrogen-bond acceptors (Lipinski definition) is 5. The Morgan fingerprint density at radius 3 is 2.62 bits per heavy atom. The van der Waals surface area contributed by atoms with Gasteiger partial charge in [-0.25, -0.2) is 18.5 Å². The van der Waals surface area contributed by atoms with Crippen molar-refractivity contribution in [2.24, 2.45) is 5.14 Å². The zero-order valence-corrected chi connectivity index (χ0v) is 14.2. The van der Waals surface area contributed by atoms with E-state index in [4.69, 9.17) is 9.88 Å². The van der Waals surface area contributed by atoms with Crippen LogP contribution >= 0.6 is 0 Å². The Morgan fingerprint density at radius 2 is 2.04 bits per heavy atom. The first-order valence-electron chi connectivity index (χ1n) is 7.28. The number of carbonyl (C=O) groups excluding carboxylic acids is 1. The second-order valence-corrected chi connectivity index (χ2v) is 6.99. The lowest BCUT2D eigenvalue weighted by atomic mass is 10.2. The van der Waals surface area contributed by atoms with Crippen molar-refractivity contribution in [1.29, 1.82) is 0 Å². The van der Waals surface area contributed by atoms with E-state index in [2.05, 4.69) is 10.3 Å². The van der Waals surface area contributed by atoms with Gasteiger partial charge in [-0.3, -0.25) is 4.79 Å². The summed E-state index contributed by atoms with van der Waals surface area (Å²) in [6, 6.07) is 9.08. The van der Waals surface area contributed by atoms with E-state index in [1.165, 1.54) is 24.3 Å². The lowest BCUT2D eigenvalue weighted by Crippen LogP contribution is -2.23. The highest BCUT2D eigenvalue weighted by atomic mass is 32.2. The van der Waals surface area contributed by atoms with Crippen LogP contribution in [0.4, 0.5) is 0 Å². The van der Waals surface area contributed by atoms with Gasteiger partial charge in [-0.1, -0.05) is 12.1 Å². The van der Waals surface area contributed by atoms with Crippen molar-refractivity contribution in [2.75, 3.05) is 0 Å². The van der Waals surface area contributed by atoms with Crippen LogP contribution in [0.25, 0.3) is 0 Å². The summed E-state index contributed by atoms with van der Waals surface area (Å²) in [6.45, 7) is 4.07. The highest BCUT2D eigenvalue weighted by Gasteiger charge is 2.12. The van der Waals surface area contributed by atoms with Gasteiger partial charge in [0.15, 0.2) is 0 Å². The fraction of sp³-hybridized carbons (Fsp3) is 0.250. The summed E-state index contributed by atoms with van der Waals surface area (Å²) >= 11 is 0. The van der Waals surface area contributed by atoms with E-state index in [1.807, 2.05) is 13.8 Å². The minimum Gasteiger partial charge on any atom is -0.475 e. The summed E-state index contributed by atoms with van der Waals surface area (Å²) in [7, 11) is -3.84. The molecule has 2 aromatic rings. The predicted octanol–water partition coefficient (Wildman–Crippen LogP) is 1.45. The van der Waals surface area contributed by atoms with Crippen LogP contribution in [-0.2, 0) is 16.6 Å². The maximum atomic E-state index is 12.1. The van der Waals surface area contributed by atoms with Gasteiger partial charge in [0.25, 0.3) is 5.91 Å². The van der Waals surface area contributed by atoms with Crippen LogP contribution in [0.3, 0.4) is 0 Å². The first-order chi connectivity index (χ1) is 11.3. The molecule has 0 unspecified atom stereocenters. The summed E-state index contributed by atoms with van der Waals surface area (Å²) in [6.07, 6.45) is 1.65. The molecule has 8 heteroatoms. The van der Waals surface area contributed by atoms with E-state index in [-0.39, 0.29) is 23.1 Å². The number of benzene rings is 1. The third kappa shape index (κ3) is 5.04. The van der Waals surface area contributed by atoms with E-state index >= 15 is 0 Å². The highest BCUT2D eigenvalue weighted by Crippen LogP contribution is 2.11. The number of sulfonamides is 1. The van der Waals surface area contributed by atoms with Crippen molar-refractivity contribution >= 4 is 15.9 Å². The average molecular weight is 349 g/mol. The number of nitrogens with zero attached hydrogens (tertiary/aromatic N) is 1. The highest BCUT2D eigenvalue weighted by molar-refractivity contribution is 7.89. The maximum absolute atomic E-state index is 12.1. The molecule has 1 heterocycles. The van der Waals surface area contributed by atoms with Crippen molar-refractivity contribution in [2.45, 2.75) is 31.4 Å². The Bertz CT molecular complexity index is 817. The minimum atomic E-state index is -3.84. The number of rotatable bonds is 6. The van der Waals surface area contributed by atoms with Gasteiger partial charge in [0.05, 0.1) is 11.0 Å². The first-order valence-corrected chi connectivity index (χ1v) is 8.83. The number of nitrogens with one attached hydrogen (secondary N) is 1. The molecule has 0 radical (unpaired) electrons. The summed E-state index contributed by atoms with van der Waals surface area (Å²) in [4.78, 5) is 16.2. The summed E-state index contributed by atoms with van der Waals surface area (Å²) in [5, 5.41) is 7.76. The van der Waals surface area contributed by atoms with Gasteiger partial charge in [0, 0.05) is 24.4 Å². The van der Waals surface area contributed by atoms with Gasteiger partial charge in [0.1, 0.15) is 0 Å². The Kier molecular flexibility index (Phi) is 5.53. The molecule has 0 aliphatic rings. The molecular weight excluding hydrogens is 330 g/mol. The van der Waals surface area contributed by atoms with Crippen LogP contribution in [0.2, 0.25) is 0 Å². The van der Waals surface area contributed by atoms with Crippen LogP contribution in [-0.4, -0.2) is 25.4 Å². The Balaban J connectivity index is 2.00. The molecule has 0 aliphatic heterocycles. The molecular formula is C16H19N3O4S. The van der Waals surface area contributed by atoms with E-state index in [9.17, 15) is 13.2 Å². The second-order valence-electron chi connectivity index (χ2n) is 5.43. The maximum Gasteiger partial charge on any atom is 0.251 e. The van der Waals surface area contributed by atoms with Crippen molar-refractivity contribution in [1.82, 2.24) is 10.3 Å². The lowest BCUT2D eigenvalue weighted by Gasteiger charge is -2.09. The molecule has 0 saturated heterocycles. The van der Waals surface area contributed by atoms with Gasteiger partial charge < -0.3 is 10.1 Å². The Labute approximate surface area is 140 Å². The van der Waals surface area contributed by atoms with Crippen molar-refractivity contribution < 1.29 is 17.9 Å². The number of nitrogens with two attached hydrogens (primary N) is 1. The molecule has 2 rings (SSSR count). The second kappa shape index (κ2) is 7.41. The molecule has 24 heavy (non-hydrogen) atoms. The third-order valence-corrected chi connectivity index (χ3v) is 3.94. The smallest absolute Gasteiger partial charge is 0.251 e. The van der Waals surface area contributed by atoms with Crippen LogP contribution in [0.1, 0.15) is 29.8 Å². The van der Waals surface area contributed by atoms with Gasteiger partial charge >= 0.3 is 0 Å². The van der Waals surface area contributed by atoms with E-state index in [0.717, 1.165) is 5.56 Å². The largest absolute Gasteiger partial charge is 0.475 e. The summed E-state index contributed by atoms with van der Waals surface area (Å²) in [5.41, 5.74) is 1.01. The number of ether oxygens (including phenoxy) is 1. The van der Waals surface area contributed by atoms with Crippen molar-refractivity contribution in [3.8, 4) is 5.88 Å². The molecule has 1 amide bonds. The van der Waals surface area contributed by atoms with E-state index < -0.39 is 15.9 Å². The molecule has 1 aromatic carbocycles. The molecule has 0 bridgehead atoms. The first kappa shape index (κ1) is 17.9. The molecule has 0 aliphatic carbocycles. The quantitative estimate of drug-likeness (QED) is 0.820. The standard InChI is InChI=1S/C16H19N3O4S/c1-11(2)23-15-7-6-12(9-18-15)10-19-16(20)13-4-3-5-14(8-13)24(17,21)22/h3-9,11H,10H2,1-2H3,(H,19,20)(H2,17,21,22). The van der Waals surface area contributed by atoms with Gasteiger partial charge in [-0.2, -0.15) is 0 Å². The number of primary sulfonamides is 1. The fourth-order valence-corrected chi connectivity index (χ4v) is 2.48. The molecule has 0 fully saturated rings. The minimum absolute atomic E-state index is 0.0363. The SMILES string of the molecule is CC(C)Oc1ccc(CNC(=O)c2cccc(S(N)(=O)=O)c2)cn1. The molecule has 0 spiro atoms. The molecule has 0 atom stereocenters. The van der Waals surface area contributed by atoms with Gasteiger partial charge in [-0.05, 0) is 37.6 Å². The summed E-state index contributed by atoms with van der Waals surface area (Å²) < 4.78 is 28.1. The molecule has 7 nitrogen and oxygen atoms in total. The van der Waals surface area contributed by atoms with Crippen molar-refractivity contribution in [3.63, 3.8) is 0 Å². The van der Waals surface area contributed by atoms with E-state index in [1.54, 1.807) is 18.3 Å². The lowest BCUT2D eigenvalue weighted by molar-refractivity contribution is 0.0950. The molecule has 3 N–H and O–H groups in total. The molecule has 128 valence electrons. The Hall–Kier alpha value is -2.45. The van der Waals surface area contributed by atoms with Crippen LogP contribution in [0.5, 0.6) is 5.88 Å². The topological polar surface area (TPSA) is 111 Å². The number of pyridine rings is 1. The Morgan fingerprint density at radius 1 is 1.29 bits per heavy atom. The number of hydrogen-bond donors (Lipinski definition) is 2. The van der Waals surface area contributed by atoms with Crippen LogP contribution < -0.4 is 15.2 Å². The van der Waals surface area contributed by atoms with Gasteiger partial charge in [-0.15, -0.1) is 0 Å². The monoisotopic (exact) mass is 349 g/mol. The van der Waals surface area contributed by atoms with Crippen molar-refractivity contribution in [3.05, 3.63) is 53.7 Å². The van der Waals surface area contributed by atoms with Crippen LogP contribution in [0.15, 0.2) is 47.5 Å². The van der Waals surface area contributed by atoms with Crippen LogP contribution in [0, 0.1) is 0 Å². The zero-order chi connectivity index (χ0) is 17.7. The predicted molar refractivity (Wildman–Crippen MR) is 89.0 cm³/mol. The number of aromatic nitrogens is 1. The number of amides is 1. The third-order valence-electron chi connectivity index (χ3n) is 3.03. The number of carbonyl (C=O) groups is 1. The molecule has 1 aromatic heterocycles. The molecule has 0 saturated carbocycles. The summed E-state index contributed by atoms with van der Waals surface area (Å²) in [5.74, 6) is 0.115. The normalized spacial score (nSPS) is 11.3. The fourth-order valence-electron chi connectivity index (χ4n) is 1.93. The zero-order valence-electron chi connectivity index (χ0n) is 13.4. The van der Waals surface area contributed by atoms with Gasteiger partial charge in [0.2, 0.25) is 15.9 Å².